The Morgan fingerprint density at radius 3 is 1.34 bits per heavy atom. The van der Waals surface area contributed by atoms with Gasteiger partial charge in [0.05, 0.1) is 12.1 Å². The van der Waals surface area contributed by atoms with E-state index in [-0.39, 0.29) is 19.3 Å². The first-order chi connectivity index (χ1) is 26.5. The van der Waals surface area contributed by atoms with E-state index >= 15 is 17.6 Å². The second-order valence-electron chi connectivity index (χ2n) is 14.9. The van der Waals surface area contributed by atoms with E-state index in [0.29, 0.717) is 18.9 Å². The van der Waals surface area contributed by atoms with Crippen LogP contribution >= 0.6 is 0 Å². The van der Waals surface area contributed by atoms with Gasteiger partial charge >= 0.3 is 24.2 Å². The molecule has 58 heavy (non-hydrogen) atoms. The smallest absolute Gasteiger partial charge is 0.292 e. The summed E-state index contributed by atoms with van der Waals surface area (Å²) in [4.78, 5) is 24.8. The molecule has 2 unspecified atom stereocenters. The van der Waals surface area contributed by atoms with Crippen molar-refractivity contribution in [3.05, 3.63) is 93.6 Å². The number of alkyl halides is 6. The first-order valence-electron chi connectivity index (χ1n) is 17.4. The fourth-order valence-electron chi connectivity index (χ4n) is 6.51. The number of carbonyl (C=O) groups is 2. The number of nitrogens with zero attached hydrogens (tertiary/aromatic N) is 2. The highest BCUT2D eigenvalue weighted by molar-refractivity contribution is 5.99. The molecule has 4 nitrogen and oxygen atoms in total. The van der Waals surface area contributed by atoms with Crippen LogP contribution in [0.15, 0.2) is 24.3 Å². The number of rotatable bonds is 14. The maximum Gasteiger partial charge on any atom is 0.471 e. The standard InChI is InChI=1S/C38H36F16N2O2/c1-7-9-10-14-36(5,6)32(56(34(58)38(52,53)54)31-28(47)24(43)21(40)25(44)29(31)48)18-13-11-12-17(15-18)19(16-35(3,4)8-2)55(33(57)37(49,50)51)30-26(45)22(41)20(39)23(42)27(30)46/h11-13,15,19,32H,7-10,14,16H2,1-6H3. The van der Waals surface area contributed by atoms with Crippen LogP contribution in [-0.2, 0) is 9.59 Å². The monoisotopic (exact) mass is 856 g/mol. The molecule has 0 aliphatic rings. The molecule has 0 saturated carbocycles. The SMILES string of the molecule is CCCCCC(C)(C)C(c1cccc(C(CC(C)(C)CC)N(C(=O)C(F)(F)F)c2c(F)c(F)c(F)c(F)c2F)c1)N(C(=O)C(F)(F)F)c1c(F)c(F)c(F)c(F)c1F. The Labute approximate surface area is 321 Å². The highest BCUT2D eigenvalue weighted by Gasteiger charge is 2.53. The van der Waals surface area contributed by atoms with Crippen LogP contribution in [0, 0.1) is 69.0 Å². The minimum atomic E-state index is -6.11. The maximum absolute atomic E-state index is 15.5. The molecule has 322 valence electrons. The van der Waals surface area contributed by atoms with Crippen molar-refractivity contribution >= 4 is 23.2 Å². The highest BCUT2D eigenvalue weighted by Crippen LogP contribution is 2.50. The van der Waals surface area contributed by atoms with Gasteiger partial charge in [-0.1, -0.05) is 91.5 Å². The Balaban J connectivity index is 2.62. The molecule has 0 radical (unpaired) electrons. The van der Waals surface area contributed by atoms with Crippen LogP contribution in [0.3, 0.4) is 0 Å². The van der Waals surface area contributed by atoms with Gasteiger partial charge in [-0.25, -0.2) is 43.9 Å². The van der Waals surface area contributed by atoms with Crippen molar-refractivity contribution < 1.29 is 79.8 Å². The van der Waals surface area contributed by atoms with Gasteiger partial charge in [-0.15, -0.1) is 0 Å². The van der Waals surface area contributed by atoms with Crippen LogP contribution in [0.25, 0.3) is 0 Å². The zero-order valence-corrected chi connectivity index (χ0v) is 31.5. The van der Waals surface area contributed by atoms with Crippen LogP contribution in [-0.4, -0.2) is 24.2 Å². The van der Waals surface area contributed by atoms with Crippen LogP contribution in [0.5, 0.6) is 0 Å². The van der Waals surface area contributed by atoms with Crippen molar-refractivity contribution in [2.75, 3.05) is 9.80 Å². The number of hydrogen-bond acceptors (Lipinski definition) is 2. The molecule has 0 heterocycles. The van der Waals surface area contributed by atoms with Gasteiger partial charge in [-0.2, -0.15) is 26.3 Å². The van der Waals surface area contributed by atoms with Crippen molar-refractivity contribution in [3.63, 3.8) is 0 Å². The van der Waals surface area contributed by atoms with Crippen molar-refractivity contribution in [2.45, 2.75) is 105 Å². The molecule has 0 N–H and O–H groups in total. The summed E-state index contributed by atoms with van der Waals surface area (Å²) in [6.07, 6.45) is -12.4. The Hall–Kier alpha value is -4.52. The molecule has 2 amide bonds. The summed E-state index contributed by atoms with van der Waals surface area (Å²) < 4.78 is 234. The fraction of sp³-hybridized carbons (Fsp3) is 0.474. The van der Waals surface area contributed by atoms with Gasteiger partial charge in [0.15, 0.2) is 46.5 Å². The Morgan fingerprint density at radius 1 is 0.569 bits per heavy atom. The molecule has 0 aliphatic heterocycles. The number of benzene rings is 3. The second-order valence-corrected chi connectivity index (χ2v) is 14.9. The van der Waals surface area contributed by atoms with E-state index in [0.717, 1.165) is 32.0 Å². The zero-order chi connectivity index (χ0) is 44.6. The van der Waals surface area contributed by atoms with Crippen molar-refractivity contribution in [1.82, 2.24) is 0 Å². The summed E-state index contributed by atoms with van der Waals surface area (Å²) in [7, 11) is 0. The van der Waals surface area contributed by atoms with Crippen LogP contribution < -0.4 is 9.80 Å². The van der Waals surface area contributed by atoms with Gasteiger partial charge in [0.2, 0.25) is 11.6 Å². The summed E-state index contributed by atoms with van der Waals surface area (Å²) in [5.41, 5.74) is -9.37. The van der Waals surface area contributed by atoms with Gasteiger partial charge in [0.25, 0.3) is 0 Å². The summed E-state index contributed by atoms with van der Waals surface area (Å²) >= 11 is 0. The first-order valence-corrected chi connectivity index (χ1v) is 17.4. The molecule has 0 aromatic heterocycles. The van der Waals surface area contributed by atoms with E-state index in [1.807, 2.05) is 0 Å². The highest BCUT2D eigenvalue weighted by atomic mass is 19.4. The molecule has 20 heteroatoms. The summed E-state index contributed by atoms with van der Waals surface area (Å²) in [6.45, 7) is 8.12. The zero-order valence-electron chi connectivity index (χ0n) is 31.5. The molecule has 3 aromatic rings. The third kappa shape index (κ3) is 9.50. The molecule has 0 saturated heterocycles. The molecule has 0 fully saturated rings. The lowest BCUT2D eigenvalue weighted by atomic mass is 9.74. The third-order valence-electron chi connectivity index (χ3n) is 9.83. The van der Waals surface area contributed by atoms with E-state index in [1.165, 1.54) is 20.8 Å². The lowest BCUT2D eigenvalue weighted by molar-refractivity contribution is -0.171. The van der Waals surface area contributed by atoms with E-state index < -0.39 is 144 Å². The lowest BCUT2D eigenvalue weighted by Gasteiger charge is -2.43. The largest absolute Gasteiger partial charge is 0.471 e. The van der Waals surface area contributed by atoms with Crippen molar-refractivity contribution in [2.24, 2.45) is 10.8 Å². The molecule has 3 aromatic carbocycles. The number of hydrogen-bond donors (Lipinski definition) is 0. The van der Waals surface area contributed by atoms with Gasteiger partial charge in [0.1, 0.15) is 11.4 Å². The number of halogens is 16. The van der Waals surface area contributed by atoms with Crippen molar-refractivity contribution in [3.8, 4) is 0 Å². The summed E-state index contributed by atoms with van der Waals surface area (Å²) in [6, 6.07) is -1.73. The molecule has 0 aliphatic carbocycles. The fourth-order valence-corrected chi connectivity index (χ4v) is 6.51. The van der Waals surface area contributed by atoms with Gasteiger partial charge < -0.3 is 0 Å². The molecule has 0 bridgehead atoms. The van der Waals surface area contributed by atoms with Crippen LogP contribution in [0.4, 0.5) is 81.6 Å². The Morgan fingerprint density at radius 2 is 0.948 bits per heavy atom. The second kappa shape index (κ2) is 17.4. The summed E-state index contributed by atoms with van der Waals surface area (Å²) in [5.74, 6) is -34.5. The minimum Gasteiger partial charge on any atom is -0.292 e. The Kier molecular flexibility index (Phi) is 14.3. The van der Waals surface area contributed by atoms with Crippen LogP contribution in [0.2, 0.25) is 0 Å². The molecular weight excluding hydrogens is 820 g/mol. The van der Waals surface area contributed by atoms with Gasteiger partial charge in [-0.3, -0.25) is 19.4 Å². The Bertz CT molecular complexity index is 1970. The normalized spacial score (nSPS) is 13.8. The maximum atomic E-state index is 15.5. The number of unbranched alkanes of at least 4 members (excludes halogenated alkanes) is 2. The average molecular weight is 857 g/mol. The predicted molar refractivity (Wildman–Crippen MR) is 178 cm³/mol. The minimum absolute atomic E-state index is 0.00443. The molecule has 2 atom stereocenters. The molecule has 0 spiro atoms. The van der Waals surface area contributed by atoms with Crippen LogP contribution in [0.1, 0.15) is 103 Å². The topological polar surface area (TPSA) is 40.6 Å². The number of amides is 2. The van der Waals surface area contributed by atoms with Gasteiger partial charge in [-0.05, 0) is 34.8 Å². The van der Waals surface area contributed by atoms with Crippen molar-refractivity contribution in [1.29, 1.82) is 0 Å². The predicted octanol–water partition coefficient (Wildman–Crippen LogP) is 12.8. The third-order valence-corrected chi connectivity index (χ3v) is 9.83. The van der Waals surface area contributed by atoms with E-state index in [1.54, 1.807) is 6.92 Å². The average Bonchev–Trinajstić information content (AvgIpc) is 3.14. The first kappa shape index (κ1) is 47.9. The molecule has 3 rings (SSSR count). The lowest BCUT2D eigenvalue weighted by Crippen LogP contribution is -2.49. The van der Waals surface area contributed by atoms with E-state index in [2.05, 4.69) is 0 Å². The van der Waals surface area contributed by atoms with Gasteiger partial charge in [0, 0.05) is 0 Å². The number of anilines is 2. The van der Waals surface area contributed by atoms with E-state index in [9.17, 15) is 62.3 Å². The quantitative estimate of drug-likeness (QED) is 0.0701. The molecular formula is C38H36F16N2O2. The van der Waals surface area contributed by atoms with E-state index in [4.69, 9.17) is 0 Å². The summed E-state index contributed by atoms with van der Waals surface area (Å²) in [5, 5.41) is 0. The number of carbonyl (C=O) groups excluding carboxylic acids is 2.